The maximum atomic E-state index is 12.8. The monoisotopic (exact) mass is 468 g/mol. The number of hydrogen-bond acceptors (Lipinski definition) is 8. The number of nitrogens with one attached hydrogen (secondary N) is 1. The number of aryl methyl sites for hydroxylation is 1. The van der Waals surface area contributed by atoms with Gasteiger partial charge in [0, 0.05) is 12.6 Å². The van der Waals surface area contributed by atoms with Crippen molar-refractivity contribution in [2.24, 2.45) is 0 Å². The van der Waals surface area contributed by atoms with Crippen LogP contribution >= 0.6 is 11.8 Å². The highest BCUT2D eigenvalue weighted by atomic mass is 32.2. The molecule has 3 N–H and O–H groups in total. The predicted molar refractivity (Wildman–Crippen MR) is 125 cm³/mol. The molecule has 172 valence electrons. The normalized spacial score (nSPS) is 13.1. The predicted octanol–water partition coefficient (Wildman–Crippen LogP) is 2.09. The van der Waals surface area contributed by atoms with Gasteiger partial charge in [-0.3, -0.25) is 23.7 Å². The summed E-state index contributed by atoms with van der Waals surface area (Å²) in [7, 11) is 0. The molecule has 33 heavy (non-hydrogen) atoms. The fourth-order valence-corrected chi connectivity index (χ4v) is 4.27. The van der Waals surface area contributed by atoms with Crippen LogP contribution in [0.15, 0.2) is 51.7 Å². The molecular weight excluding hydrogens is 444 g/mol. The minimum atomic E-state index is -0.778. The lowest BCUT2D eigenvalue weighted by Gasteiger charge is -2.11. The highest BCUT2D eigenvalue weighted by Crippen LogP contribution is 2.35. The van der Waals surface area contributed by atoms with Gasteiger partial charge in [-0.05, 0) is 37.5 Å². The van der Waals surface area contributed by atoms with Gasteiger partial charge < -0.3 is 10.5 Å². The molecule has 11 heteroatoms. The molecule has 2 heterocycles. The number of thioether (sulfide) groups is 1. The quantitative estimate of drug-likeness (QED) is 0.262. The number of carbonyl (C=O) groups excluding carboxylic acids is 1. The lowest BCUT2D eigenvalue weighted by Crippen LogP contribution is -2.36. The number of ketones is 1. The number of hydrogen-bond donors (Lipinski definition) is 2. The van der Waals surface area contributed by atoms with Gasteiger partial charge in [0.1, 0.15) is 23.7 Å². The van der Waals surface area contributed by atoms with Gasteiger partial charge in [0.05, 0.1) is 5.75 Å². The lowest BCUT2D eigenvalue weighted by molar-refractivity contribution is 0.102. The first-order valence-corrected chi connectivity index (χ1v) is 11.4. The summed E-state index contributed by atoms with van der Waals surface area (Å²) in [5, 5.41) is 8.84. The van der Waals surface area contributed by atoms with E-state index in [9.17, 15) is 14.4 Å². The Morgan fingerprint density at radius 3 is 2.85 bits per heavy atom. The number of allylic oxidation sites excluding steroid dienone is 1. The zero-order valence-electron chi connectivity index (χ0n) is 18.1. The first kappa shape index (κ1) is 22.6. The minimum absolute atomic E-state index is 0.0693. The molecule has 1 aromatic carbocycles. The van der Waals surface area contributed by atoms with Crippen molar-refractivity contribution >= 4 is 23.4 Å². The Labute approximate surface area is 193 Å². The standard InChI is InChI=1S/C22H24N6O4S/c1-3-9-27-17(11-32-15-6-4-5-13(2)10-15)25-26-22(27)33-12-16(29)18-19(23)28(14-7-8-14)21(31)24-20(18)30/h3-6,10,14H,1,7-9,11-12,23H2,2H3,(H,24,30,31). The van der Waals surface area contributed by atoms with Crippen molar-refractivity contribution in [2.75, 3.05) is 11.5 Å². The molecule has 3 aromatic rings. The fourth-order valence-electron chi connectivity index (χ4n) is 3.43. The summed E-state index contributed by atoms with van der Waals surface area (Å²) >= 11 is 1.13. The maximum Gasteiger partial charge on any atom is 0.330 e. The molecule has 2 aromatic heterocycles. The van der Waals surface area contributed by atoms with Crippen LogP contribution in [0.3, 0.4) is 0 Å². The van der Waals surface area contributed by atoms with Crippen LogP contribution in [-0.4, -0.2) is 35.9 Å². The van der Waals surface area contributed by atoms with E-state index in [0.717, 1.165) is 30.2 Å². The highest BCUT2D eigenvalue weighted by molar-refractivity contribution is 7.99. The van der Waals surface area contributed by atoms with Gasteiger partial charge in [0.15, 0.2) is 16.8 Å². The first-order chi connectivity index (χ1) is 15.9. The molecule has 0 saturated heterocycles. The SMILES string of the molecule is C=CCn1c(COc2cccc(C)c2)nnc1SCC(=O)c1c(N)n(C2CC2)c(=O)[nH]c1=O. The van der Waals surface area contributed by atoms with Crippen molar-refractivity contribution in [3.8, 4) is 5.75 Å². The largest absolute Gasteiger partial charge is 0.486 e. The molecule has 1 fully saturated rings. The van der Waals surface area contributed by atoms with Crippen LogP contribution in [-0.2, 0) is 13.2 Å². The molecule has 0 radical (unpaired) electrons. The molecular formula is C22H24N6O4S. The number of rotatable bonds is 10. The minimum Gasteiger partial charge on any atom is -0.486 e. The second-order valence-electron chi connectivity index (χ2n) is 7.74. The fraction of sp³-hybridized carbons (Fsp3) is 0.318. The summed E-state index contributed by atoms with van der Waals surface area (Å²) in [6.07, 6.45) is 3.27. The molecule has 1 saturated carbocycles. The summed E-state index contributed by atoms with van der Waals surface area (Å²) in [4.78, 5) is 39.4. The molecule has 0 unspecified atom stereocenters. The Morgan fingerprint density at radius 2 is 2.15 bits per heavy atom. The van der Waals surface area contributed by atoms with E-state index in [1.165, 1.54) is 4.57 Å². The van der Waals surface area contributed by atoms with Crippen LogP contribution in [0, 0.1) is 6.92 Å². The van der Waals surface area contributed by atoms with Gasteiger partial charge in [-0.15, -0.1) is 16.8 Å². The molecule has 1 aliphatic carbocycles. The third-order valence-electron chi connectivity index (χ3n) is 5.17. The number of H-pyrrole nitrogens is 1. The highest BCUT2D eigenvalue weighted by Gasteiger charge is 2.30. The van der Waals surface area contributed by atoms with Gasteiger partial charge in [-0.2, -0.15) is 0 Å². The van der Waals surface area contributed by atoms with Crippen molar-refractivity contribution in [3.63, 3.8) is 0 Å². The summed E-state index contributed by atoms with van der Waals surface area (Å²) in [5.41, 5.74) is 5.54. The van der Waals surface area contributed by atoms with Gasteiger partial charge in [0.2, 0.25) is 0 Å². The van der Waals surface area contributed by atoms with Crippen LogP contribution in [0.25, 0.3) is 0 Å². The molecule has 1 aliphatic rings. The number of Topliss-reactive ketones (excluding diaryl/α,β-unsaturated/α-hetero) is 1. The zero-order valence-corrected chi connectivity index (χ0v) is 18.9. The third-order valence-corrected chi connectivity index (χ3v) is 6.13. The Hall–Kier alpha value is -3.60. The average molecular weight is 469 g/mol. The van der Waals surface area contributed by atoms with E-state index in [1.54, 1.807) is 10.6 Å². The molecule has 0 amide bonds. The van der Waals surface area contributed by atoms with E-state index in [-0.39, 0.29) is 29.8 Å². The Bertz CT molecular complexity index is 1320. The number of ether oxygens (including phenoxy) is 1. The third kappa shape index (κ3) is 4.92. The second kappa shape index (κ2) is 9.49. The second-order valence-corrected chi connectivity index (χ2v) is 8.68. The van der Waals surface area contributed by atoms with E-state index in [4.69, 9.17) is 10.5 Å². The molecule has 0 atom stereocenters. The summed E-state index contributed by atoms with van der Waals surface area (Å²) in [5.74, 6) is 0.624. The average Bonchev–Trinajstić information content (AvgIpc) is 3.52. The molecule has 10 nitrogen and oxygen atoms in total. The topological polar surface area (TPSA) is 138 Å². The molecule has 0 bridgehead atoms. The van der Waals surface area contributed by atoms with Crippen LogP contribution < -0.4 is 21.7 Å². The smallest absolute Gasteiger partial charge is 0.330 e. The lowest BCUT2D eigenvalue weighted by atomic mass is 10.2. The van der Waals surface area contributed by atoms with Crippen LogP contribution in [0.4, 0.5) is 5.82 Å². The summed E-state index contributed by atoms with van der Waals surface area (Å²) in [6, 6.07) is 7.60. The first-order valence-electron chi connectivity index (χ1n) is 10.4. The number of benzene rings is 1. The Balaban J connectivity index is 1.50. The number of aromatic nitrogens is 5. The van der Waals surface area contributed by atoms with Crippen molar-refractivity contribution < 1.29 is 9.53 Å². The van der Waals surface area contributed by atoms with E-state index >= 15 is 0 Å². The van der Waals surface area contributed by atoms with Crippen LogP contribution in [0.1, 0.15) is 40.6 Å². The van der Waals surface area contributed by atoms with Gasteiger partial charge in [-0.25, -0.2) is 4.79 Å². The zero-order chi connectivity index (χ0) is 23.5. The van der Waals surface area contributed by atoms with E-state index in [2.05, 4.69) is 21.8 Å². The van der Waals surface area contributed by atoms with Crippen molar-refractivity contribution in [2.45, 2.75) is 44.1 Å². The number of carbonyl (C=O) groups is 1. The van der Waals surface area contributed by atoms with E-state index < -0.39 is 17.0 Å². The van der Waals surface area contributed by atoms with Crippen molar-refractivity contribution in [3.05, 3.63) is 74.7 Å². The summed E-state index contributed by atoms with van der Waals surface area (Å²) < 4.78 is 8.91. The van der Waals surface area contributed by atoms with Crippen LogP contribution in [0.5, 0.6) is 5.75 Å². The van der Waals surface area contributed by atoms with Gasteiger partial charge in [0.25, 0.3) is 5.56 Å². The number of nitrogens with two attached hydrogens (primary N) is 1. The van der Waals surface area contributed by atoms with E-state index in [0.29, 0.717) is 23.3 Å². The number of nitrogens with zero attached hydrogens (tertiary/aromatic N) is 4. The molecule has 0 spiro atoms. The number of aromatic amines is 1. The van der Waals surface area contributed by atoms with Crippen LogP contribution in [0.2, 0.25) is 0 Å². The van der Waals surface area contributed by atoms with Crippen molar-refractivity contribution in [1.29, 1.82) is 0 Å². The summed E-state index contributed by atoms with van der Waals surface area (Å²) in [6.45, 7) is 6.36. The van der Waals surface area contributed by atoms with Gasteiger partial charge in [-0.1, -0.05) is 30.0 Å². The number of nitrogen functional groups attached to an aromatic ring is 1. The molecule has 0 aliphatic heterocycles. The van der Waals surface area contributed by atoms with E-state index in [1.807, 2.05) is 31.2 Å². The van der Waals surface area contributed by atoms with Gasteiger partial charge >= 0.3 is 5.69 Å². The molecule has 4 rings (SSSR count). The Kier molecular flexibility index (Phi) is 6.50. The Morgan fingerprint density at radius 1 is 1.36 bits per heavy atom. The van der Waals surface area contributed by atoms with Crippen molar-refractivity contribution in [1.82, 2.24) is 24.3 Å². The number of anilines is 1. The maximum absolute atomic E-state index is 12.8.